The molecule has 128 valence electrons. The first-order chi connectivity index (χ1) is 11.2. The van der Waals surface area contributed by atoms with E-state index in [1.54, 1.807) is 12.1 Å². The van der Waals surface area contributed by atoms with Crippen LogP contribution >= 0.6 is 0 Å². The SMILES string of the molecule is CC(=O)c1cc(F)ccc1OCc1ccc(OCC(F)(F)F)cc1. The lowest BCUT2D eigenvalue weighted by Gasteiger charge is -2.11. The number of Topliss-reactive ketones (excluding diaryl/α,β-unsaturated/α-hetero) is 1. The van der Waals surface area contributed by atoms with Crippen LogP contribution < -0.4 is 9.47 Å². The van der Waals surface area contributed by atoms with Crippen molar-refractivity contribution in [3.05, 3.63) is 59.4 Å². The molecule has 0 aliphatic carbocycles. The molecule has 0 saturated heterocycles. The Morgan fingerprint density at radius 3 is 2.29 bits per heavy atom. The van der Waals surface area contributed by atoms with E-state index in [2.05, 4.69) is 4.74 Å². The topological polar surface area (TPSA) is 35.5 Å². The third-order valence-corrected chi connectivity index (χ3v) is 3.04. The third kappa shape index (κ3) is 5.26. The summed E-state index contributed by atoms with van der Waals surface area (Å²) in [6.45, 7) is 0.0142. The Hall–Kier alpha value is -2.57. The van der Waals surface area contributed by atoms with Gasteiger partial charge in [-0.1, -0.05) is 12.1 Å². The molecule has 2 aromatic rings. The second-order valence-electron chi connectivity index (χ2n) is 5.03. The quantitative estimate of drug-likeness (QED) is 0.571. The van der Waals surface area contributed by atoms with E-state index < -0.39 is 18.6 Å². The van der Waals surface area contributed by atoms with Crippen molar-refractivity contribution in [3.63, 3.8) is 0 Å². The van der Waals surface area contributed by atoms with Crippen LogP contribution in [0.25, 0.3) is 0 Å². The lowest BCUT2D eigenvalue weighted by molar-refractivity contribution is -0.153. The number of benzene rings is 2. The predicted octanol–water partition coefficient (Wildman–Crippen LogP) is 4.55. The molecular formula is C17H14F4O3. The highest BCUT2D eigenvalue weighted by molar-refractivity contribution is 5.96. The number of carbonyl (C=O) groups is 1. The highest BCUT2D eigenvalue weighted by Crippen LogP contribution is 2.23. The van der Waals surface area contributed by atoms with Gasteiger partial charge in [0.05, 0.1) is 5.56 Å². The summed E-state index contributed by atoms with van der Waals surface area (Å²) in [5.74, 6) is -0.553. The van der Waals surface area contributed by atoms with Crippen LogP contribution in [0, 0.1) is 5.82 Å². The van der Waals surface area contributed by atoms with Gasteiger partial charge in [0.1, 0.15) is 23.9 Å². The van der Waals surface area contributed by atoms with E-state index in [4.69, 9.17) is 4.74 Å². The first kappa shape index (κ1) is 17.8. The zero-order valence-corrected chi connectivity index (χ0v) is 12.7. The Balaban J connectivity index is 1.99. The fourth-order valence-electron chi connectivity index (χ4n) is 1.91. The van der Waals surface area contributed by atoms with Crippen LogP contribution in [0.5, 0.6) is 11.5 Å². The zero-order chi connectivity index (χ0) is 17.7. The van der Waals surface area contributed by atoms with Crippen LogP contribution in [0.2, 0.25) is 0 Å². The van der Waals surface area contributed by atoms with Crippen molar-refractivity contribution in [1.82, 2.24) is 0 Å². The summed E-state index contributed by atoms with van der Waals surface area (Å²) in [5.41, 5.74) is 0.785. The van der Waals surface area contributed by atoms with Crippen molar-refractivity contribution in [2.45, 2.75) is 19.7 Å². The van der Waals surface area contributed by atoms with E-state index in [0.29, 0.717) is 5.56 Å². The summed E-state index contributed by atoms with van der Waals surface area (Å²) < 4.78 is 59.4. The lowest BCUT2D eigenvalue weighted by atomic mass is 10.1. The zero-order valence-electron chi connectivity index (χ0n) is 12.7. The Morgan fingerprint density at radius 1 is 1.04 bits per heavy atom. The molecule has 3 nitrogen and oxygen atoms in total. The van der Waals surface area contributed by atoms with Gasteiger partial charge in [0.2, 0.25) is 0 Å². The van der Waals surface area contributed by atoms with Gasteiger partial charge in [0.25, 0.3) is 0 Å². The smallest absolute Gasteiger partial charge is 0.422 e. The van der Waals surface area contributed by atoms with E-state index in [1.165, 1.54) is 31.2 Å². The normalized spacial score (nSPS) is 11.2. The maximum Gasteiger partial charge on any atom is 0.422 e. The number of hydrogen-bond donors (Lipinski definition) is 0. The molecule has 0 radical (unpaired) electrons. The van der Waals surface area contributed by atoms with Crippen LogP contribution in [0.3, 0.4) is 0 Å². The molecular weight excluding hydrogens is 328 g/mol. The van der Waals surface area contributed by atoms with Crippen LogP contribution in [-0.2, 0) is 6.61 Å². The molecule has 0 N–H and O–H groups in total. The molecule has 0 atom stereocenters. The number of carbonyl (C=O) groups excluding carboxylic acids is 1. The Bertz CT molecular complexity index is 709. The fraction of sp³-hybridized carbons (Fsp3) is 0.235. The minimum Gasteiger partial charge on any atom is -0.488 e. The Morgan fingerprint density at radius 2 is 1.71 bits per heavy atom. The molecule has 0 bridgehead atoms. The van der Waals surface area contributed by atoms with Crippen molar-refractivity contribution in [3.8, 4) is 11.5 Å². The standard InChI is InChI=1S/C17H14F4O3/c1-11(22)15-8-13(18)4-7-16(15)23-9-12-2-5-14(6-3-12)24-10-17(19,20)21/h2-8H,9-10H2,1H3. The molecule has 24 heavy (non-hydrogen) atoms. The van der Waals surface area contributed by atoms with Crippen molar-refractivity contribution in [1.29, 1.82) is 0 Å². The average Bonchev–Trinajstić information content (AvgIpc) is 2.52. The van der Waals surface area contributed by atoms with Crippen molar-refractivity contribution >= 4 is 5.78 Å². The molecule has 0 saturated carbocycles. The summed E-state index contributed by atoms with van der Waals surface area (Å²) in [6, 6.07) is 9.49. The number of hydrogen-bond acceptors (Lipinski definition) is 3. The molecule has 0 fully saturated rings. The summed E-state index contributed by atoms with van der Waals surface area (Å²) in [6.07, 6.45) is -4.40. The van der Waals surface area contributed by atoms with E-state index in [1.807, 2.05) is 0 Å². The second kappa shape index (κ2) is 7.33. The molecule has 0 aromatic heterocycles. The lowest BCUT2D eigenvalue weighted by Crippen LogP contribution is -2.19. The summed E-state index contributed by atoms with van der Waals surface area (Å²) in [4.78, 5) is 11.5. The molecule has 0 amide bonds. The molecule has 2 rings (SSSR count). The second-order valence-corrected chi connectivity index (χ2v) is 5.03. The molecule has 7 heteroatoms. The van der Waals surface area contributed by atoms with E-state index >= 15 is 0 Å². The monoisotopic (exact) mass is 342 g/mol. The molecule has 2 aromatic carbocycles. The van der Waals surface area contributed by atoms with Crippen LogP contribution in [0.15, 0.2) is 42.5 Å². The highest BCUT2D eigenvalue weighted by Gasteiger charge is 2.28. The van der Waals surface area contributed by atoms with E-state index in [0.717, 1.165) is 6.07 Å². The Kier molecular flexibility index (Phi) is 5.43. The summed E-state index contributed by atoms with van der Waals surface area (Å²) in [5, 5.41) is 0. The molecule has 0 aliphatic rings. The van der Waals surface area contributed by atoms with Crippen LogP contribution in [-0.4, -0.2) is 18.6 Å². The Labute approximate surface area is 135 Å². The molecule has 0 heterocycles. The number of halogens is 4. The van der Waals surface area contributed by atoms with Crippen molar-refractivity contribution in [2.24, 2.45) is 0 Å². The maximum absolute atomic E-state index is 13.2. The fourth-order valence-corrected chi connectivity index (χ4v) is 1.91. The minimum absolute atomic E-state index is 0.0749. The predicted molar refractivity (Wildman–Crippen MR) is 78.7 cm³/mol. The van der Waals surface area contributed by atoms with Gasteiger partial charge < -0.3 is 9.47 Å². The first-order valence-electron chi connectivity index (χ1n) is 6.96. The number of alkyl halides is 3. The molecule has 0 spiro atoms. The molecule has 0 aliphatic heterocycles. The highest BCUT2D eigenvalue weighted by atomic mass is 19.4. The van der Waals surface area contributed by atoms with Gasteiger partial charge in [-0.2, -0.15) is 13.2 Å². The number of ether oxygens (including phenoxy) is 2. The van der Waals surface area contributed by atoms with Gasteiger partial charge >= 0.3 is 6.18 Å². The van der Waals surface area contributed by atoms with Gasteiger partial charge in [0.15, 0.2) is 12.4 Å². The van der Waals surface area contributed by atoms with Gasteiger partial charge in [-0.3, -0.25) is 4.79 Å². The number of rotatable bonds is 6. The summed E-state index contributed by atoms with van der Waals surface area (Å²) in [7, 11) is 0. The van der Waals surface area contributed by atoms with Crippen molar-refractivity contribution < 1.29 is 31.8 Å². The van der Waals surface area contributed by atoms with Gasteiger partial charge in [-0.05, 0) is 42.8 Å². The van der Waals surface area contributed by atoms with E-state index in [-0.39, 0.29) is 29.5 Å². The van der Waals surface area contributed by atoms with Gasteiger partial charge in [-0.25, -0.2) is 4.39 Å². The van der Waals surface area contributed by atoms with Crippen LogP contribution in [0.1, 0.15) is 22.8 Å². The van der Waals surface area contributed by atoms with Gasteiger partial charge in [0, 0.05) is 0 Å². The largest absolute Gasteiger partial charge is 0.488 e. The molecule has 0 unspecified atom stereocenters. The third-order valence-electron chi connectivity index (χ3n) is 3.04. The number of ketones is 1. The van der Waals surface area contributed by atoms with E-state index in [9.17, 15) is 22.4 Å². The van der Waals surface area contributed by atoms with Gasteiger partial charge in [-0.15, -0.1) is 0 Å². The van der Waals surface area contributed by atoms with Crippen molar-refractivity contribution in [2.75, 3.05) is 6.61 Å². The van der Waals surface area contributed by atoms with Crippen LogP contribution in [0.4, 0.5) is 17.6 Å². The maximum atomic E-state index is 13.2. The minimum atomic E-state index is -4.40. The summed E-state index contributed by atoms with van der Waals surface area (Å²) >= 11 is 0. The average molecular weight is 342 g/mol. The first-order valence-corrected chi connectivity index (χ1v) is 6.96.